The van der Waals surface area contributed by atoms with Crippen molar-refractivity contribution in [2.45, 2.75) is 38.1 Å². The summed E-state index contributed by atoms with van der Waals surface area (Å²) < 4.78 is 0.804. The Labute approximate surface area is 156 Å². The zero-order valence-electron chi connectivity index (χ0n) is 14.2. The van der Waals surface area contributed by atoms with Crippen LogP contribution >= 0.6 is 15.9 Å². The second-order valence-corrected chi connectivity index (χ2v) is 7.87. The lowest BCUT2D eigenvalue weighted by molar-refractivity contribution is 0.102. The third-order valence-corrected chi connectivity index (χ3v) is 5.79. The molecule has 25 heavy (non-hydrogen) atoms. The van der Waals surface area contributed by atoms with E-state index in [0.29, 0.717) is 5.56 Å². The number of fused-ring (bicyclic) bond motifs is 1. The van der Waals surface area contributed by atoms with Crippen molar-refractivity contribution in [3.63, 3.8) is 0 Å². The maximum Gasteiger partial charge on any atom is 0.257 e. The molecule has 5 heteroatoms. The molecule has 1 N–H and O–H groups in total. The minimum absolute atomic E-state index is 0.126. The zero-order valence-corrected chi connectivity index (χ0v) is 15.8. The van der Waals surface area contributed by atoms with E-state index in [9.17, 15) is 4.79 Å². The van der Waals surface area contributed by atoms with Crippen LogP contribution in [0.15, 0.2) is 41.1 Å². The van der Waals surface area contributed by atoms with E-state index in [1.807, 2.05) is 6.07 Å². The van der Waals surface area contributed by atoms with Gasteiger partial charge in [0.2, 0.25) is 0 Å². The number of nitrogens with zero attached hydrogens (tertiary/aromatic N) is 2. The van der Waals surface area contributed by atoms with Gasteiger partial charge < -0.3 is 5.32 Å². The first-order valence-corrected chi connectivity index (χ1v) is 9.76. The van der Waals surface area contributed by atoms with E-state index < -0.39 is 0 Å². The number of rotatable bonds is 3. The van der Waals surface area contributed by atoms with Crippen molar-refractivity contribution in [2.75, 3.05) is 18.4 Å². The summed E-state index contributed by atoms with van der Waals surface area (Å²) in [5, 5.41) is 3.00. The summed E-state index contributed by atoms with van der Waals surface area (Å²) >= 11 is 3.35. The van der Waals surface area contributed by atoms with Gasteiger partial charge in [-0.25, -0.2) is 0 Å². The Kier molecular flexibility index (Phi) is 4.86. The second-order valence-electron chi connectivity index (χ2n) is 6.95. The Balaban J connectivity index is 1.46. The number of hydrogen-bond donors (Lipinski definition) is 1. The van der Waals surface area contributed by atoms with Crippen LogP contribution in [-0.2, 0) is 12.8 Å². The van der Waals surface area contributed by atoms with Gasteiger partial charge >= 0.3 is 0 Å². The summed E-state index contributed by atoms with van der Waals surface area (Å²) in [6, 6.07) is 8.92. The highest BCUT2D eigenvalue weighted by molar-refractivity contribution is 9.10. The maximum absolute atomic E-state index is 12.4. The fraction of sp³-hybridized carbons (Fsp3) is 0.400. The molecule has 1 aliphatic heterocycles. The van der Waals surface area contributed by atoms with Crippen molar-refractivity contribution < 1.29 is 4.79 Å². The molecular formula is C20H22BrN3O. The summed E-state index contributed by atoms with van der Waals surface area (Å²) in [6.07, 6.45) is 9.53. The van der Waals surface area contributed by atoms with E-state index >= 15 is 0 Å². The first-order chi connectivity index (χ1) is 12.2. The number of hydrogen-bond acceptors (Lipinski definition) is 3. The Morgan fingerprint density at radius 1 is 1.12 bits per heavy atom. The molecule has 1 amide bonds. The van der Waals surface area contributed by atoms with Crippen molar-refractivity contribution in [3.8, 4) is 0 Å². The van der Waals surface area contributed by atoms with E-state index in [4.69, 9.17) is 0 Å². The van der Waals surface area contributed by atoms with Gasteiger partial charge in [-0.15, -0.1) is 0 Å². The third kappa shape index (κ3) is 3.77. The first-order valence-electron chi connectivity index (χ1n) is 8.97. The number of nitrogens with one attached hydrogen (secondary N) is 1. The Hall–Kier alpha value is -1.72. The van der Waals surface area contributed by atoms with E-state index in [0.717, 1.165) is 42.1 Å². The molecule has 2 heterocycles. The lowest BCUT2D eigenvalue weighted by Crippen LogP contribution is -2.41. The predicted molar refractivity (Wildman–Crippen MR) is 103 cm³/mol. The Bertz CT molecular complexity index is 788. The number of anilines is 1. The SMILES string of the molecule is O=C(Nc1ccc2c(c1)CCN(C1CCC1)CC2)c1cncc(Br)c1. The standard InChI is InChI=1S/C20H22BrN3O/c21-17-10-16(12-22-13-17)20(25)23-18-5-4-14-6-8-24(19-2-1-3-19)9-7-15(14)11-18/h4-5,10-13,19H,1-3,6-9H2,(H,23,25). The molecule has 1 fully saturated rings. The smallest absolute Gasteiger partial charge is 0.257 e. The number of pyridine rings is 1. The first kappa shape index (κ1) is 16.7. The van der Waals surface area contributed by atoms with Crippen LogP contribution in [0.2, 0.25) is 0 Å². The quantitative estimate of drug-likeness (QED) is 0.846. The second kappa shape index (κ2) is 7.26. The molecule has 130 valence electrons. The van der Waals surface area contributed by atoms with Crippen molar-refractivity contribution in [1.82, 2.24) is 9.88 Å². The number of benzene rings is 1. The van der Waals surface area contributed by atoms with Gasteiger partial charge in [-0.05, 0) is 70.9 Å². The Morgan fingerprint density at radius 3 is 2.64 bits per heavy atom. The van der Waals surface area contributed by atoms with Gasteiger partial charge in [0, 0.05) is 41.7 Å². The van der Waals surface area contributed by atoms with Crippen molar-refractivity contribution in [1.29, 1.82) is 0 Å². The largest absolute Gasteiger partial charge is 0.322 e. The molecule has 1 aromatic carbocycles. The van der Waals surface area contributed by atoms with Crippen LogP contribution in [0.25, 0.3) is 0 Å². The van der Waals surface area contributed by atoms with Gasteiger partial charge in [-0.1, -0.05) is 12.5 Å². The molecule has 2 aromatic rings. The van der Waals surface area contributed by atoms with E-state index in [1.54, 1.807) is 18.5 Å². The van der Waals surface area contributed by atoms with Crippen molar-refractivity contribution >= 4 is 27.5 Å². The van der Waals surface area contributed by atoms with Gasteiger partial charge in [-0.2, -0.15) is 0 Å². The third-order valence-electron chi connectivity index (χ3n) is 5.36. The molecule has 0 radical (unpaired) electrons. The summed E-state index contributed by atoms with van der Waals surface area (Å²) in [7, 11) is 0. The molecule has 0 atom stereocenters. The summed E-state index contributed by atoms with van der Waals surface area (Å²) in [4.78, 5) is 19.1. The fourth-order valence-corrected chi connectivity index (χ4v) is 4.04. The van der Waals surface area contributed by atoms with Crippen molar-refractivity contribution in [3.05, 3.63) is 57.8 Å². The predicted octanol–water partition coefficient (Wildman–Crippen LogP) is 4.05. The monoisotopic (exact) mass is 399 g/mol. The van der Waals surface area contributed by atoms with Gasteiger partial charge in [0.25, 0.3) is 5.91 Å². The fourth-order valence-electron chi connectivity index (χ4n) is 3.68. The molecule has 1 aliphatic carbocycles. The molecule has 2 aliphatic rings. The highest BCUT2D eigenvalue weighted by Gasteiger charge is 2.26. The minimum atomic E-state index is -0.126. The summed E-state index contributed by atoms with van der Waals surface area (Å²) in [6.45, 7) is 2.29. The van der Waals surface area contributed by atoms with E-state index in [1.165, 1.54) is 30.4 Å². The average molecular weight is 400 g/mol. The molecule has 4 rings (SSSR count). The van der Waals surface area contributed by atoms with Gasteiger partial charge in [-0.3, -0.25) is 14.7 Å². The van der Waals surface area contributed by atoms with E-state index in [2.05, 4.69) is 43.3 Å². The molecule has 0 unspecified atom stereocenters. The highest BCUT2D eigenvalue weighted by atomic mass is 79.9. The van der Waals surface area contributed by atoms with E-state index in [-0.39, 0.29) is 5.91 Å². The molecule has 1 saturated carbocycles. The van der Waals surface area contributed by atoms with Gasteiger partial charge in [0.15, 0.2) is 0 Å². The Morgan fingerprint density at radius 2 is 1.92 bits per heavy atom. The maximum atomic E-state index is 12.4. The van der Waals surface area contributed by atoms with Gasteiger partial charge in [0.05, 0.1) is 5.56 Å². The number of halogens is 1. The zero-order chi connectivity index (χ0) is 17.2. The topological polar surface area (TPSA) is 45.2 Å². The highest BCUT2D eigenvalue weighted by Crippen LogP contribution is 2.28. The van der Waals surface area contributed by atoms with Crippen LogP contribution in [0.1, 0.15) is 40.7 Å². The molecular weight excluding hydrogens is 378 g/mol. The van der Waals surface area contributed by atoms with Crippen molar-refractivity contribution in [2.24, 2.45) is 0 Å². The molecule has 0 saturated heterocycles. The molecule has 4 nitrogen and oxygen atoms in total. The number of amides is 1. The number of carbonyl (C=O) groups excluding carboxylic acids is 1. The van der Waals surface area contributed by atoms with Crippen LogP contribution in [0, 0.1) is 0 Å². The van der Waals surface area contributed by atoms with Crippen LogP contribution in [0.4, 0.5) is 5.69 Å². The minimum Gasteiger partial charge on any atom is -0.322 e. The van der Waals surface area contributed by atoms with Crippen LogP contribution < -0.4 is 5.32 Å². The van der Waals surface area contributed by atoms with Crippen LogP contribution in [-0.4, -0.2) is 34.9 Å². The summed E-state index contributed by atoms with van der Waals surface area (Å²) in [5.41, 5.74) is 4.21. The lowest BCUT2D eigenvalue weighted by Gasteiger charge is -2.36. The average Bonchev–Trinajstić information content (AvgIpc) is 2.76. The number of carbonyl (C=O) groups is 1. The molecule has 1 aromatic heterocycles. The summed E-state index contributed by atoms with van der Waals surface area (Å²) in [5.74, 6) is -0.126. The number of aromatic nitrogens is 1. The normalized spacial score (nSPS) is 18.1. The molecule has 0 bridgehead atoms. The van der Waals surface area contributed by atoms with Gasteiger partial charge in [0.1, 0.15) is 0 Å². The lowest BCUT2D eigenvalue weighted by atomic mass is 9.91. The molecule has 0 spiro atoms. The van der Waals surface area contributed by atoms with Crippen LogP contribution in [0.3, 0.4) is 0 Å². The van der Waals surface area contributed by atoms with Crippen LogP contribution in [0.5, 0.6) is 0 Å².